The zero-order valence-corrected chi connectivity index (χ0v) is 9.09. The van der Waals surface area contributed by atoms with Crippen LogP contribution in [-0.2, 0) is 6.42 Å². The van der Waals surface area contributed by atoms with Gasteiger partial charge in [-0.05, 0) is 44.4 Å². The van der Waals surface area contributed by atoms with Crippen LogP contribution in [0.4, 0.5) is 0 Å². The Morgan fingerprint density at radius 3 is 2.57 bits per heavy atom. The zero-order chi connectivity index (χ0) is 10.6. The first-order valence-corrected chi connectivity index (χ1v) is 5.15. The van der Waals surface area contributed by atoms with Gasteiger partial charge in [0.05, 0.1) is 0 Å². The number of aryl methyl sites for hydroxylation is 2. The first kappa shape index (κ1) is 11.2. The highest BCUT2D eigenvalue weighted by molar-refractivity contribution is 5.30. The molecular formula is C12H20N2. The van der Waals surface area contributed by atoms with E-state index in [1.54, 1.807) is 0 Å². The first-order chi connectivity index (χ1) is 6.63. The molecule has 2 nitrogen and oxygen atoms in total. The van der Waals surface area contributed by atoms with Crippen LogP contribution in [0, 0.1) is 13.8 Å². The van der Waals surface area contributed by atoms with Crippen LogP contribution in [-0.4, -0.2) is 12.6 Å². The van der Waals surface area contributed by atoms with Gasteiger partial charge in [0.1, 0.15) is 0 Å². The molecular weight excluding hydrogens is 172 g/mol. The first-order valence-electron chi connectivity index (χ1n) is 5.15. The maximum atomic E-state index is 5.94. The van der Waals surface area contributed by atoms with Crippen molar-refractivity contribution in [2.75, 3.05) is 6.54 Å². The Bertz CT molecular complexity index is 294. The van der Waals surface area contributed by atoms with Gasteiger partial charge in [-0.3, -0.25) is 0 Å². The summed E-state index contributed by atoms with van der Waals surface area (Å²) in [5.74, 6) is 0. The molecule has 0 saturated heterocycles. The van der Waals surface area contributed by atoms with E-state index < -0.39 is 0 Å². The van der Waals surface area contributed by atoms with E-state index in [4.69, 9.17) is 11.5 Å². The smallest absolute Gasteiger partial charge is 0.00914 e. The Balaban J connectivity index is 2.67. The Hall–Kier alpha value is -0.860. The molecule has 1 aromatic carbocycles. The van der Waals surface area contributed by atoms with E-state index in [9.17, 15) is 0 Å². The molecule has 0 aromatic heterocycles. The van der Waals surface area contributed by atoms with Crippen molar-refractivity contribution in [2.45, 2.75) is 32.7 Å². The van der Waals surface area contributed by atoms with Gasteiger partial charge in [-0.25, -0.2) is 0 Å². The van der Waals surface area contributed by atoms with Gasteiger partial charge in [-0.2, -0.15) is 0 Å². The fraction of sp³-hybridized carbons (Fsp3) is 0.500. The highest BCUT2D eigenvalue weighted by Gasteiger charge is 2.05. The van der Waals surface area contributed by atoms with Crippen LogP contribution < -0.4 is 11.5 Å². The van der Waals surface area contributed by atoms with Gasteiger partial charge in [-0.1, -0.05) is 23.8 Å². The van der Waals surface area contributed by atoms with Crippen LogP contribution in [0.15, 0.2) is 18.2 Å². The van der Waals surface area contributed by atoms with Crippen LogP contribution >= 0.6 is 0 Å². The fourth-order valence-electron chi connectivity index (χ4n) is 1.67. The summed E-state index contributed by atoms with van der Waals surface area (Å²) in [5, 5.41) is 0. The van der Waals surface area contributed by atoms with Gasteiger partial charge in [-0.15, -0.1) is 0 Å². The Labute approximate surface area is 86.3 Å². The second kappa shape index (κ2) is 5.13. The standard InChI is InChI=1S/C12H20N2/c1-9-3-4-11(10(2)7-9)8-12(14)5-6-13/h3-4,7,12H,5-6,8,13-14H2,1-2H3/t12-/m0/s1. The van der Waals surface area contributed by atoms with E-state index >= 15 is 0 Å². The lowest BCUT2D eigenvalue weighted by atomic mass is 9.98. The molecule has 0 spiro atoms. The lowest BCUT2D eigenvalue weighted by Crippen LogP contribution is -2.26. The van der Waals surface area contributed by atoms with Gasteiger partial charge < -0.3 is 11.5 Å². The predicted molar refractivity (Wildman–Crippen MR) is 61.3 cm³/mol. The van der Waals surface area contributed by atoms with E-state index in [0.717, 1.165) is 12.8 Å². The molecule has 14 heavy (non-hydrogen) atoms. The molecule has 0 radical (unpaired) electrons. The lowest BCUT2D eigenvalue weighted by Gasteiger charge is -2.12. The molecule has 0 heterocycles. The highest BCUT2D eigenvalue weighted by Crippen LogP contribution is 2.12. The second-order valence-electron chi connectivity index (χ2n) is 3.97. The van der Waals surface area contributed by atoms with E-state index in [2.05, 4.69) is 32.0 Å². The summed E-state index contributed by atoms with van der Waals surface area (Å²) in [6.45, 7) is 4.92. The van der Waals surface area contributed by atoms with Crippen molar-refractivity contribution in [1.29, 1.82) is 0 Å². The summed E-state index contributed by atoms with van der Waals surface area (Å²) in [5.41, 5.74) is 15.4. The molecule has 1 rings (SSSR count). The third-order valence-electron chi connectivity index (χ3n) is 2.52. The lowest BCUT2D eigenvalue weighted by molar-refractivity contribution is 0.617. The highest BCUT2D eigenvalue weighted by atomic mass is 14.6. The predicted octanol–water partition coefficient (Wildman–Crippen LogP) is 1.52. The van der Waals surface area contributed by atoms with Crippen LogP contribution in [0.1, 0.15) is 23.1 Å². The second-order valence-corrected chi connectivity index (χ2v) is 3.97. The monoisotopic (exact) mass is 192 g/mol. The van der Waals surface area contributed by atoms with E-state index in [1.165, 1.54) is 16.7 Å². The Kier molecular flexibility index (Phi) is 4.11. The summed E-state index contributed by atoms with van der Waals surface area (Å²) in [4.78, 5) is 0. The fourth-order valence-corrected chi connectivity index (χ4v) is 1.67. The van der Waals surface area contributed by atoms with Crippen LogP contribution in [0.25, 0.3) is 0 Å². The third-order valence-corrected chi connectivity index (χ3v) is 2.52. The van der Waals surface area contributed by atoms with Crippen molar-refractivity contribution in [3.05, 3.63) is 34.9 Å². The van der Waals surface area contributed by atoms with Gasteiger partial charge in [0.25, 0.3) is 0 Å². The minimum absolute atomic E-state index is 0.196. The minimum Gasteiger partial charge on any atom is -0.330 e. The molecule has 1 atom stereocenters. The van der Waals surface area contributed by atoms with Crippen molar-refractivity contribution in [2.24, 2.45) is 11.5 Å². The molecule has 0 aliphatic carbocycles. The SMILES string of the molecule is Cc1ccc(C[C@@H](N)CCN)c(C)c1. The summed E-state index contributed by atoms with van der Waals surface area (Å²) in [6.07, 6.45) is 1.83. The number of nitrogens with two attached hydrogens (primary N) is 2. The van der Waals surface area contributed by atoms with E-state index in [0.29, 0.717) is 6.54 Å². The third kappa shape index (κ3) is 3.13. The van der Waals surface area contributed by atoms with Gasteiger partial charge in [0, 0.05) is 6.04 Å². The topological polar surface area (TPSA) is 52.0 Å². The maximum absolute atomic E-state index is 5.94. The molecule has 2 heteroatoms. The average Bonchev–Trinajstić information content (AvgIpc) is 2.10. The quantitative estimate of drug-likeness (QED) is 0.760. The molecule has 78 valence electrons. The number of rotatable bonds is 4. The van der Waals surface area contributed by atoms with Crippen LogP contribution in [0.2, 0.25) is 0 Å². The summed E-state index contributed by atoms with van der Waals surface area (Å²) in [6, 6.07) is 6.70. The van der Waals surface area contributed by atoms with Crippen molar-refractivity contribution in [3.63, 3.8) is 0 Å². The summed E-state index contributed by atoms with van der Waals surface area (Å²) >= 11 is 0. The number of benzene rings is 1. The molecule has 0 unspecified atom stereocenters. The number of hydrogen-bond donors (Lipinski definition) is 2. The summed E-state index contributed by atoms with van der Waals surface area (Å²) < 4.78 is 0. The maximum Gasteiger partial charge on any atom is 0.00914 e. The van der Waals surface area contributed by atoms with Crippen molar-refractivity contribution < 1.29 is 0 Å². The van der Waals surface area contributed by atoms with Gasteiger partial charge in [0.15, 0.2) is 0 Å². The molecule has 4 N–H and O–H groups in total. The average molecular weight is 192 g/mol. The normalized spacial score (nSPS) is 12.9. The molecule has 1 aromatic rings. The molecule has 0 amide bonds. The molecule has 0 saturated carbocycles. The van der Waals surface area contributed by atoms with Gasteiger partial charge in [0.2, 0.25) is 0 Å². The van der Waals surface area contributed by atoms with Crippen molar-refractivity contribution in [3.8, 4) is 0 Å². The Morgan fingerprint density at radius 2 is 2.00 bits per heavy atom. The summed E-state index contributed by atoms with van der Waals surface area (Å²) in [7, 11) is 0. The zero-order valence-electron chi connectivity index (χ0n) is 9.09. The molecule has 0 aliphatic rings. The minimum atomic E-state index is 0.196. The Morgan fingerprint density at radius 1 is 1.29 bits per heavy atom. The van der Waals surface area contributed by atoms with Gasteiger partial charge >= 0.3 is 0 Å². The largest absolute Gasteiger partial charge is 0.330 e. The molecule has 0 aliphatic heterocycles. The van der Waals surface area contributed by atoms with Crippen LogP contribution in [0.3, 0.4) is 0 Å². The van der Waals surface area contributed by atoms with Crippen molar-refractivity contribution >= 4 is 0 Å². The van der Waals surface area contributed by atoms with E-state index in [1.807, 2.05) is 0 Å². The molecule has 0 fully saturated rings. The number of hydrogen-bond acceptors (Lipinski definition) is 2. The molecule has 0 bridgehead atoms. The van der Waals surface area contributed by atoms with E-state index in [-0.39, 0.29) is 6.04 Å². The van der Waals surface area contributed by atoms with Crippen LogP contribution in [0.5, 0.6) is 0 Å². The van der Waals surface area contributed by atoms with Crippen molar-refractivity contribution in [1.82, 2.24) is 0 Å².